The summed E-state index contributed by atoms with van der Waals surface area (Å²) in [6, 6.07) is 12.3. The number of nitrogens with zero attached hydrogens (tertiary/aromatic N) is 3. The molecule has 4 heteroatoms. The molecule has 0 saturated heterocycles. The van der Waals surface area contributed by atoms with Crippen LogP contribution in [0.15, 0.2) is 47.8 Å². The average molecular weight is 245 g/mol. The van der Waals surface area contributed by atoms with Crippen molar-refractivity contribution in [1.82, 2.24) is 9.97 Å². The third-order valence-electron chi connectivity index (χ3n) is 2.29. The van der Waals surface area contributed by atoms with E-state index < -0.39 is 0 Å². The molecule has 1 aromatic carbocycles. The van der Waals surface area contributed by atoms with E-state index in [2.05, 4.69) is 22.1 Å². The van der Waals surface area contributed by atoms with E-state index in [-0.39, 0.29) is 0 Å². The van der Waals surface area contributed by atoms with E-state index >= 15 is 0 Å². The first-order chi connectivity index (χ1) is 8.25. The molecule has 0 fully saturated rings. The molecule has 2 aromatic rings. The van der Waals surface area contributed by atoms with Gasteiger partial charge in [-0.2, -0.15) is 0 Å². The highest BCUT2D eigenvalue weighted by Crippen LogP contribution is 2.20. The third-order valence-corrected chi connectivity index (χ3v) is 3.22. The topological polar surface area (TPSA) is 29.0 Å². The molecule has 1 aromatic heterocycles. The average Bonchev–Trinajstić information content (AvgIpc) is 2.38. The van der Waals surface area contributed by atoms with E-state index in [1.54, 1.807) is 18.0 Å². The molecule has 0 aliphatic rings. The van der Waals surface area contributed by atoms with Crippen molar-refractivity contribution in [3.63, 3.8) is 0 Å². The van der Waals surface area contributed by atoms with Crippen LogP contribution in [0.1, 0.15) is 5.56 Å². The van der Waals surface area contributed by atoms with Gasteiger partial charge in [0.15, 0.2) is 5.16 Å². The van der Waals surface area contributed by atoms with E-state index in [9.17, 15) is 0 Å². The van der Waals surface area contributed by atoms with Gasteiger partial charge in [-0.05, 0) is 11.6 Å². The van der Waals surface area contributed by atoms with Crippen molar-refractivity contribution < 1.29 is 0 Å². The maximum atomic E-state index is 4.47. The molecule has 88 valence electrons. The number of anilines is 1. The van der Waals surface area contributed by atoms with Crippen LogP contribution in [0.2, 0.25) is 0 Å². The monoisotopic (exact) mass is 245 g/mol. The Bertz CT molecular complexity index is 471. The Labute approximate surface area is 106 Å². The van der Waals surface area contributed by atoms with Crippen molar-refractivity contribution in [1.29, 1.82) is 0 Å². The van der Waals surface area contributed by atoms with Crippen molar-refractivity contribution in [2.24, 2.45) is 0 Å². The molecule has 0 atom stereocenters. The van der Waals surface area contributed by atoms with E-state index in [0.717, 1.165) is 16.7 Å². The Hall–Kier alpha value is -1.55. The third kappa shape index (κ3) is 3.46. The van der Waals surface area contributed by atoms with Crippen molar-refractivity contribution in [3.8, 4) is 0 Å². The first kappa shape index (κ1) is 11.9. The van der Waals surface area contributed by atoms with E-state index in [1.165, 1.54) is 5.56 Å². The van der Waals surface area contributed by atoms with Gasteiger partial charge in [0.2, 0.25) is 0 Å². The van der Waals surface area contributed by atoms with Gasteiger partial charge in [-0.3, -0.25) is 0 Å². The fourth-order valence-corrected chi connectivity index (χ4v) is 2.15. The minimum Gasteiger partial charge on any atom is -0.363 e. The summed E-state index contributed by atoms with van der Waals surface area (Å²) >= 11 is 1.66. The highest BCUT2D eigenvalue weighted by Gasteiger charge is 2.02. The number of rotatable bonds is 4. The van der Waals surface area contributed by atoms with Gasteiger partial charge in [-0.15, -0.1) is 0 Å². The minimum absolute atomic E-state index is 0.819. The first-order valence-corrected chi connectivity index (χ1v) is 6.41. The zero-order valence-corrected chi connectivity index (χ0v) is 10.8. The van der Waals surface area contributed by atoms with Gasteiger partial charge in [-0.25, -0.2) is 9.97 Å². The largest absolute Gasteiger partial charge is 0.363 e. The Morgan fingerprint density at radius 3 is 2.59 bits per heavy atom. The smallest absolute Gasteiger partial charge is 0.189 e. The lowest BCUT2D eigenvalue weighted by atomic mass is 10.2. The van der Waals surface area contributed by atoms with E-state index in [0.29, 0.717) is 0 Å². The number of hydrogen-bond donors (Lipinski definition) is 0. The number of benzene rings is 1. The number of hydrogen-bond acceptors (Lipinski definition) is 4. The summed E-state index contributed by atoms with van der Waals surface area (Å²) in [6.45, 7) is 0. The molecule has 17 heavy (non-hydrogen) atoms. The van der Waals surface area contributed by atoms with Crippen molar-refractivity contribution in [2.75, 3.05) is 19.0 Å². The van der Waals surface area contributed by atoms with Crippen LogP contribution in [0, 0.1) is 0 Å². The van der Waals surface area contributed by atoms with Crippen LogP contribution in [-0.4, -0.2) is 24.1 Å². The highest BCUT2D eigenvalue weighted by atomic mass is 32.2. The lowest BCUT2D eigenvalue weighted by molar-refractivity contribution is 0.927. The summed E-state index contributed by atoms with van der Waals surface area (Å²) < 4.78 is 0. The molecule has 0 aliphatic carbocycles. The van der Waals surface area contributed by atoms with Gasteiger partial charge in [0.25, 0.3) is 0 Å². The summed E-state index contributed by atoms with van der Waals surface area (Å²) in [5.41, 5.74) is 1.29. The Morgan fingerprint density at radius 2 is 1.88 bits per heavy atom. The second kappa shape index (κ2) is 5.68. The molecule has 3 nitrogen and oxygen atoms in total. The fourth-order valence-electron chi connectivity index (χ4n) is 1.37. The lowest BCUT2D eigenvalue weighted by Gasteiger charge is -2.11. The maximum Gasteiger partial charge on any atom is 0.189 e. The SMILES string of the molecule is CN(C)c1ccnc(SCc2ccccc2)n1. The molecule has 0 radical (unpaired) electrons. The van der Waals surface area contributed by atoms with E-state index in [1.807, 2.05) is 43.3 Å². The summed E-state index contributed by atoms with van der Waals surface area (Å²) in [5, 5.41) is 0.819. The first-order valence-electron chi connectivity index (χ1n) is 5.43. The predicted octanol–water partition coefficient (Wildman–Crippen LogP) is 2.83. The van der Waals surface area contributed by atoms with Gasteiger partial charge < -0.3 is 4.90 Å². The van der Waals surface area contributed by atoms with Gasteiger partial charge in [0.1, 0.15) is 5.82 Å². The van der Waals surface area contributed by atoms with Gasteiger partial charge >= 0.3 is 0 Å². The van der Waals surface area contributed by atoms with Gasteiger partial charge in [-0.1, -0.05) is 42.1 Å². The summed E-state index contributed by atoms with van der Waals surface area (Å²) in [6.07, 6.45) is 1.80. The van der Waals surface area contributed by atoms with Gasteiger partial charge in [0, 0.05) is 26.0 Å². The summed E-state index contributed by atoms with van der Waals surface area (Å²) in [7, 11) is 3.96. The van der Waals surface area contributed by atoms with Crippen molar-refractivity contribution in [3.05, 3.63) is 48.2 Å². The Kier molecular flexibility index (Phi) is 3.98. The molecule has 2 rings (SSSR count). The zero-order chi connectivity index (χ0) is 12.1. The lowest BCUT2D eigenvalue weighted by Crippen LogP contribution is -2.10. The highest BCUT2D eigenvalue weighted by molar-refractivity contribution is 7.98. The molecule has 0 bridgehead atoms. The number of aromatic nitrogens is 2. The fraction of sp³-hybridized carbons (Fsp3) is 0.231. The number of thioether (sulfide) groups is 1. The van der Waals surface area contributed by atoms with Crippen LogP contribution >= 0.6 is 11.8 Å². The van der Waals surface area contributed by atoms with Crippen LogP contribution in [0.3, 0.4) is 0 Å². The Morgan fingerprint density at radius 1 is 1.12 bits per heavy atom. The molecule has 0 saturated carbocycles. The quantitative estimate of drug-likeness (QED) is 0.612. The van der Waals surface area contributed by atoms with Crippen LogP contribution in [0.4, 0.5) is 5.82 Å². The van der Waals surface area contributed by atoms with Crippen LogP contribution in [-0.2, 0) is 5.75 Å². The molecular formula is C13H15N3S. The maximum absolute atomic E-state index is 4.47. The molecule has 0 aliphatic heterocycles. The van der Waals surface area contributed by atoms with Gasteiger partial charge in [0.05, 0.1) is 0 Å². The molecule has 0 spiro atoms. The second-order valence-corrected chi connectivity index (χ2v) is 4.81. The second-order valence-electron chi connectivity index (χ2n) is 3.87. The standard InChI is InChI=1S/C13H15N3S/c1-16(2)12-8-9-14-13(15-12)17-10-11-6-4-3-5-7-11/h3-9H,10H2,1-2H3. The van der Waals surface area contributed by atoms with Crippen LogP contribution < -0.4 is 4.90 Å². The normalized spacial score (nSPS) is 10.2. The summed E-state index contributed by atoms with van der Waals surface area (Å²) in [4.78, 5) is 10.7. The minimum atomic E-state index is 0.819. The molecular weight excluding hydrogens is 230 g/mol. The van der Waals surface area contributed by atoms with Crippen molar-refractivity contribution >= 4 is 17.6 Å². The Balaban J connectivity index is 2.02. The molecule has 0 amide bonds. The predicted molar refractivity (Wildman–Crippen MR) is 72.4 cm³/mol. The molecule has 1 heterocycles. The zero-order valence-electron chi connectivity index (χ0n) is 10.00. The van der Waals surface area contributed by atoms with Crippen LogP contribution in [0.5, 0.6) is 0 Å². The summed E-state index contributed by atoms with van der Waals surface area (Å²) in [5.74, 6) is 1.84. The molecule has 0 N–H and O–H groups in total. The molecule has 0 unspecified atom stereocenters. The van der Waals surface area contributed by atoms with Crippen molar-refractivity contribution in [2.45, 2.75) is 10.9 Å². The van der Waals surface area contributed by atoms with E-state index in [4.69, 9.17) is 0 Å². The van der Waals surface area contributed by atoms with Crippen LogP contribution in [0.25, 0.3) is 0 Å².